The van der Waals surface area contributed by atoms with E-state index in [-0.39, 0.29) is 24.5 Å². The summed E-state index contributed by atoms with van der Waals surface area (Å²) in [5, 5.41) is 8.85. The smallest absolute Gasteiger partial charge is 0.340 e. The molecule has 1 aliphatic heterocycles. The van der Waals surface area contributed by atoms with Crippen molar-refractivity contribution in [3.8, 4) is 5.75 Å². The lowest BCUT2D eigenvalue weighted by Gasteiger charge is -2.32. The number of amides is 2. The van der Waals surface area contributed by atoms with Gasteiger partial charge in [0.1, 0.15) is 18.5 Å². The van der Waals surface area contributed by atoms with E-state index >= 15 is 0 Å². The Morgan fingerprint density at radius 2 is 1.97 bits per heavy atom. The molecule has 0 bridgehead atoms. The fourth-order valence-corrected chi connectivity index (χ4v) is 3.15. The van der Waals surface area contributed by atoms with Crippen LogP contribution in [0.2, 0.25) is 0 Å². The number of ether oxygens (including phenoxy) is 2. The minimum atomic E-state index is -0.441. The Morgan fingerprint density at radius 3 is 2.55 bits per heavy atom. The molecule has 1 aromatic carbocycles. The van der Waals surface area contributed by atoms with Crippen LogP contribution in [0.4, 0.5) is 0 Å². The van der Waals surface area contributed by atoms with Crippen LogP contribution < -0.4 is 15.7 Å². The van der Waals surface area contributed by atoms with Crippen molar-refractivity contribution in [2.75, 3.05) is 26.8 Å². The van der Waals surface area contributed by atoms with Crippen LogP contribution in [0.5, 0.6) is 5.75 Å². The number of nitrogens with one attached hydrogen (secondary N) is 3. The van der Waals surface area contributed by atoms with E-state index in [1.54, 1.807) is 36.1 Å². The molecule has 10 nitrogen and oxygen atoms in total. The monoisotopic (exact) mass is 403 g/mol. The maximum absolute atomic E-state index is 12.4. The molecular formula is C19H25N5O5. The third kappa shape index (κ3) is 5.44. The normalized spacial score (nSPS) is 15.7. The zero-order valence-electron chi connectivity index (χ0n) is 16.4. The maximum atomic E-state index is 12.4. The SMILES string of the molecule is COCC(=O)N1CCC(Oc2ccc(C(=O)N[C@@H](C)c3n[nH]c(=O)[nH]3)cc2)CC1. The predicted octanol–water partition coefficient (Wildman–Crippen LogP) is 0.605. The van der Waals surface area contributed by atoms with Crippen LogP contribution in [0.3, 0.4) is 0 Å². The van der Waals surface area contributed by atoms with E-state index in [1.807, 2.05) is 0 Å². The molecular weight excluding hydrogens is 378 g/mol. The van der Waals surface area contributed by atoms with Crippen LogP contribution in [0.1, 0.15) is 42.0 Å². The second-order valence-electron chi connectivity index (χ2n) is 6.91. The van der Waals surface area contributed by atoms with Crippen molar-refractivity contribution in [1.82, 2.24) is 25.4 Å². The van der Waals surface area contributed by atoms with Crippen molar-refractivity contribution in [2.45, 2.75) is 31.9 Å². The van der Waals surface area contributed by atoms with Crippen LogP contribution in [-0.4, -0.2) is 64.8 Å². The summed E-state index contributed by atoms with van der Waals surface area (Å²) in [4.78, 5) is 39.6. The Morgan fingerprint density at radius 1 is 1.28 bits per heavy atom. The topological polar surface area (TPSA) is 129 Å². The lowest BCUT2D eigenvalue weighted by atomic mass is 10.1. The zero-order chi connectivity index (χ0) is 20.8. The molecule has 2 heterocycles. The van der Waals surface area contributed by atoms with Gasteiger partial charge in [0, 0.05) is 38.6 Å². The number of carbonyl (C=O) groups is 2. The Bertz CT molecular complexity index is 883. The fourth-order valence-electron chi connectivity index (χ4n) is 3.15. The first kappa shape index (κ1) is 20.6. The van der Waals surface area contributed by atoms with Gasteiger partial charge in [-0.2, -0.15) is 5.10 Å². The molecule has 1 aromatic heterocycles. The first-order chi connectivity index (χ1) is 14.0. The van der Waals surface area contributed by atoms with Gasteiger partial charge in [-0.25, -0.2) is 9.89 Å². The number of benzene rings is 1. The third-order valence-corrected chi connectivity index (χ3v) is 4.76. The third-order valence-electron chi connectivity index (χ3n) is 4.76. The zero-order valence-corrected chi connectivity index (χ0v) is 16.4. The van der Waals surface area contributed by atoms with Crippen LogP contribution in [-0.2, 0) is 9.53 Å². The molecule has 1 atom stereocenters. The Labute approximate surface area is 167 Å². The van der Waals surface area contributed by atoms with Crippen molar-refractivity contribution in [1.29, 1.82) is 0 Å². The highest BCUT2D eigenvalue weighted by Gasteiger charge is 2.23. The summed E-state index contributed by atoms with van der Waals surface area (Å²) in [6, 6.07) is 6.42. The minimum Gasteiger partial charge on any atom is -0.490 e. The van der Waals surface area contributed by atoms with Gasteiger partial charge < -0.3 is 19.7 Å². The van der Waals surface area contributed by atoms with E-state index in [0.717, 1.165) is 12.8 Å². The molecule has 2 aromatic rings. The number of hydrogen-bond acceptors (Lipinski definition) is 6. The van der Waals surface area contributed by atoms with Gasteiger partial charge in [0.05, 0.1) is 6.04 Å². The van der Waals surface area contributed by atoms with Gasteiger partial charge in [0.25, 0.3) is 5.91 Å². The van der Waals surface area contributed by atoms with E-state index < -0.39 is 11.7 Å². The van der Waals surface area contributed by atoms with Crippen molar-refractivity contribution < 1.29 is 19.1 Å². The number of carbonyl (C=O) groups excluding carboxylic acids is 2. The number of likely N-dealkylation sites (tertiary alicyclic amines) is 1. The first-order valence-corrected chi connectivity index (χ1v) is 9.45. The molecule has 0 radical (unpaired) electrons. The lowest BCUT2D eigenvalue weighted by Crippen LogP contribution is -2.43. The number of aromatic amines is 2. The first-order valence-electron chi connectivity index (χ1n) is 9.45. The molecule has 1 fully saturated rings. The predicted molar refractivity (Wildman–Crippen MR) is 104 cm³/mol. The summed E-state index contributed by atoms with van der Waals surface area (Å²) in [6.45, 7) is 3.11. The molecule has 3 rings (SSSR count). The Balaban J connectivity index is 1.49. The van der Waals surface area contributed by atoms with Crippen molar-refractivity contribution in [2.24, 2.45) is 0 Å². The summed E-state index contributed by atoms with van der Waals surface area (Å²) in [6.07, 6.45) is 1.52. The fraction of sp³-hybridized carbons (Fsp3) is 0.474. The molecule has 1 saturated heterocycles. The van der Waals surface area contributed by atoms with Gasteiger partial charge in [0.2, 0.25) is 5.91 Å². The summed E-state index contributed by atoms with van der Waals surface area (Å²) in [7, 11) is 1.51. The van der Waals surface area contributed by atoms with Gasteiger partial charge in [-0.3, -0.25) is 14.6 Å². The average Bonchev–Trinajstić information content (AvgIpc) is 3.16. The summed E-state index contributed by atoms with van der Waals surface area (Å²) in [5.41, 5.74) is 0.0542. The summed E-state index contributed by atoms with van der Waals surface area (Å²) in [5.74, 6) is 0.749. The minimum absolute atomic E-state index is 0.00513. The Kier molecular flexibility index (Phi) is 6.65. The van der Waals surface area contributed by atoms with E-state index in [2.05, 4.69) is 20.5 Å². The number of nitrogens with zero attached hydrogens (tertiary/aromatic N) is 2. The second-order valence-corrected chi connectivity index (χ2v) is 6.91. The number of rotatable bonds is 7. The Hall–Kier alpha value is -3.14. The summed E-state index contributed by atoms with van der Waals surface area (Å²) >= 11 is 0. The molecule has 156 valence electrons. The largest absolute Gasteiger partial charge is 0.490 e. The van der Waals surface area contributed by atoms with Gasteiger partial charge >= 0.3 is 5.69 Å². The standard InChI is InChI=1S/C19H25N5O5/c1-12(17-21-19(27)23-22-17)20-18(26)13-3-5-14(6-4-13)29-15-7-9-24(10-8-15)16(25)11-28-2/h3-6,12,15H,7-11H2,1-2H3,(H,20,26)(H2,21,22,23,27)/t12-/m0/s1. The maximum Gasteiger partial charge on any atom is 0.340 e. The highest BCUT2D eigenvalue weighted by molar-refractivity contribution is 5.94. The van der Waals surface area contributed by atoms with Crippen LogP contribution in [0.25, 0.3) is 0 Å². The molecule has 0 spiro atoms. The summed E-state index contributed by atoms with van der Waals surface area (Å²) < 4.78 is 10.9. The molecule has 1 aliphatic rings. The highest BCUT2D eigenvalue weighted by atomic mass is 16.5. The van der Waals surface area contributed by atoms with Gasteiger partial charge in [-0.15, -0.1) is 0 Å². The second kappa shape index (κ2) is 9.37. The molecule has 0 saturated carbocycles. The number of H-pyrrole nitrogens is 2. The van der Waals surface area contributed by atoms with Gasteiger partial charge in [-0.1, -0.05) is 0 Å². The van der Waals surface area contributed by atoms with Gasteiger partial charge in [0.15, 0.2) is 5.82 Å². The van der Waals surface area contributed by atoms with Crippen molar-refractivity contribution in [3.63, 3.8) is 0 Å². The quantitative estimate of drug-likeness (QED) is 0.621. The van der Waals surface area contributed by atoms with E-state index in [4.69, 9.17) is 9.47 Å². The highest BCUT2D eigenvalue weighted by Crippen LogP contribution is 2.20. The van der Waals surface area contributed by atoms with Crippen molar-refractivity contribution >= 4 is 11.8 Å². The van der Waals surface area contributed by atoms with E-state index in [1.165, 1.54) is 7.11 Å². The lowest BCUT2D eigenvalue weighted by molar-refractivity contribution is -0.136. The van der Waals surface area contributed by atoms with Crippen LogP contribution in [0.15, 0.2) is 29.1 Å². The number of methoxy groups -OCH3 is 1. The number of aromatic nitrogens is 3. The number of hydrogen-bond donors (Lipinski definition) is 3. The van der Waals surface area contributed by atoms with Crippen LogP contribution in [0, 0.1) is 0 Å². The van der Waals surface area contributed by atoms with E-state index in [0.29, 0.717) is 30.2 Å². The number of piperidine rings is 1. The van der Waals surface area contributed by atoms with Crippen molar-refractivity contribution in [3.05, 3.63) is 46.1 Å². The molecule has 10 heteroatoms. The molecule has 3 N–H and O–H groups in total. The van der Waals surface area contributed by atoms with Gasteiger partial charge in [-0.05, 0) is 31.2 Å². The molecule has 2 amide bonds. The van der Waals surface area contributed by atoms with E-state index in [9.17, 15) is 14.4 Å². The van der Waals surface area contributed by atoms with Crippen LogP contribution >= 0.6 is 0 Å². The molecule has 0 unspecified atom stereocenters. The average molecular weight is 403 g/mol. The molecule has 0 aliphatic carbocycles. The molecule has 29 heavy (non-hydrogen) atoms.